The number of ether oxygens (including phenoxy) is 1. The fourth-order valence-electron chi connectivity index (χ4n) is 1.83. The van der Waals surface area contributed by atoms with Gasteiger partial charge in [0.25, 0.3) is 5.69 Å². The number of esters is 1. The predicted octanol–water partition coefficient (Wildman–Crippen LogP) is 3.70. The minimum Gasteiger partial charge on any atom is -0.465 e. The summed E-state index contributed by atoms with van der Waals surface area (Å²) in [5, 5.41) is 11.5. The van der Waals surface area contributed by atoms with Crippen molar-refractivity contribution in [1.29, 1.82) is 0 Å². The molecule has 0 saturated carbocycles. The third-order valence-electron chi connectivity index (χ3n) is 2.75. The molecule has 0 amide bonds. The van der Waals surface area contributed by atoms with E-state index < -0.39 is 10.9 Å². The van der Waals surface area contributed by atoms with E-state index in [-0.39, 0.29) is 11.3 Å². The van der Waals surface area contributed by atoms with Crippen molar-refractivity contribution in [3.05, 3.63) is 63.2 Å². The largest absolute Gasteiger partial charge is 0.465 e. The molecular weight excluding hydrogens is 282 g/mol. The van der Waals surface area contributed by atoms with Gasteiger partial charge in [-0.15, -0.1) is 0 Å². The fraction of sp³-hybridized carbons (Fsp3) is 0.0714. The molecular formula is C14H10ClNO4. The lowest BCUT2D eigenvalue weighted by molar-refractivity contribution is -0.384. The molecule has 0 unspecified atom stereocenters. The quantitative estimate of drug-likeness (QED) is 0.491. The molecule has 0 bridgehead atoms. The van der Waals surface area contributed by atoms with Crippen LogP contribution in [0.3, 0.4) is 0 Å². The van der Waals surface area contributed by atoms with Gasteiger partial charge in [-0.1, -0.05) is 23.7 Å². The molecule has 0 heterocycles. The number of halogens is 1. The highest BCUT2D eigenvalue weighted by atomic mass is 35.5. The van der Waals surface area contributed by atoms with Crippen LogP contribution in [0.15, 0.2) is 42.5 Å². The Labute approximate surface area is 119 Å². The maximum Gasteiger partial charge on any atom is 0.337 e. The van der Waals surface area contributed by atoms with Crippen LogP contribution in [-0.2, 0) is 4.74 Å². The first-order valence-electron chi connectivity index (χ1n) is 5.65. The average molecular weight is 292 g/mol. The molecule has 0 radical (unpaired) electrons. The zero-order chi connectivity index (χ0) is 14.7. The number of hydrogen-bond acceptors (Lipinski definition) is 4. The normalized spacial score (nSPS) is 10.1. The van der Waals surface area contributed by atoms with Gasteiger partial charge in [-0.25, -0.2) is 4.79 Å². The van der Waals surface area contributed by atoms with Crippen LogP contribution in [0.25, 0.3) is 11.1 Å². The van der Waals surface area contributed by atoms with E-state index in [4.69, 9.17) is 11.6 Å². The summed E-state index contributed by atoms with van der Waals surface area (Å²) in [6, 6.07) is 10.7. The molecule has 0 saturated heterocycles. The van der Waals surface area contributed by atoms with E-state index in [1.54, 1.807) is 24.3 Å². The topological polar surface area (TPSA) is 69.4 Å². The Balaban J connectivity index is 2.64. The van der Waals surface area contributed by atoms with Gasteiger partial charge in [0.15, 0.2) is 0 Å². The van der Waals surface area contributed by atoms with E-state index in [0.717, 1.165) is 0 Å². The molecule has 6 heteroatoms. The van der Waals surface area contributed by atoms with Crippen LogP contribution in [0, 0.1) is 10.1 Å². The van der Waals surface area contributed by atoms with Gasteiger partial charge in [0.1, 0.15) is 0 Å². The van der Waals surface area contributed by atoms with E-state index in [2.05, 4.69) is 4.74 Å². The smallest absolute Gasteiger partial charge is 0.337 e. The highest BCUT2D eigenvalue weighted by Gasteiger charge is 2.18. The summed E-state index contributed by atoms with van der Waals surface area (Å²) in [5.41, 5.74) is 1.03. The molecule has 0 spiro atoms. The van der Waals surface area contributed by atoms with Gasteiger partial charge in [-0.05, 0) is 29.8 Å². The molecule has 0 aromatic heterocycles. The Morgan fingerprint density at radius 1 is 1.25 bits per heavy atom. The summed E-state index contributed by atoms with van der Waals surface area (Å²) in [7, 11) is 1.25. The first-order valence-corrected chi connectivity index (χ1v) is 6.03. The lowest BCUT2D eigenvalue weighted by atomic mass is 10.0. The van der Waals surface area contributed by atoms with Gasteiger partial charge >= 0.3 is 5.97 Å². The first kappa shape index (κ1) is 14.0. The van der Waals surface area contributed by atoms with Crippen molar-refractivity contribution in [2.24, 2.45) is 0 Å². The number of hydrogen-bond donors (Lipinski definition) is 0. The van der Waals surface area contributed by atoms with Crippen molar-refractivity contribution in [2.45, 2.75) is 0 Å². The van der Waals surface area contributed by atoms with Crippen LogP contribution in [0.4, 0.5) is 5.69 Å². The molecule has 2 aromatic carbocycles. The van der Waals surface area contributed by atoms with Gasteiger partial charge in [0.05, 0.1) is 23.2 Å². The number of nitrogens with zero attached hydrogens (tertiary/aromatic N) is 1. The zero-order valence-electron chi connectivity index (χ0n) is 10.5. The molecule has 102 valence electrons. The van der Waals surface area contributed by atoms with Crippen LogP contribution < -0.4 is 0 Å². The molecule has 0 N–H and O–H groups in total. The number of carbonyl (C=O) groups excluding carboxylic acids is 1. The number of rotatable bonds is 3. The summed E-state index contributed by atoms with van der Waals surface area (Å²) < 4.78 is 4.62. The van der Waals surface area contributed by atoms with Gasteiger partial charge in [-0.2, -0.15) is 0 Å². The molecule has 0 fully saturated rings. The van der Waals surface area contributed by atoms with Crippen molar-refractivity contribution in [1.82, 2.24) is 0 Å². The second-order valence-electron chi connectivity index (χ2n) is 3.99. The van der Waals surface area contributed by atoms with E-state index in [0.29, 0.717) is 16.1 Å². The Bertz CT molecular complexity index is 685. The molecule has 5 nitrogen and oxygen atoms in total. The first-order chi connectivity index (χ1) is 9.52. The van der Waals surface area contributed by atoms with Gasteiger partial charge in [0, 0.05) is 11.1 Å². The van der Waals surface area contributed by atoms with Crippen LogP contribution in [0.2, 0.25) is 5.02 Å². The van der Waals surface area contributed by atoms with Crippen LogP contribution >= 0.6 is 11.6 Å². The highest BCUT2D eigenvalue weighted by Crippen LogP contribution is 2.32. The zero-order valence-corrected chi connectivity index (χ0v) is 11.3. The number of nitro benzene ring substituents is 1. The molecule has 0 aliphatic heterocycles. The second-order valence-corrected chi connectivity index (χ2v) is 4.43. The summed E-state index contributed by atoms with van der Waals surface area (Å²) in [5.74, 6) is -0.553. The lowest BCUT2D eigenvalue weighted by Crippen LogP contribution is -2.02. The minimum absolute atomic E-state index is 0.0973. The van der Waals surface area contributed by atoms with Crippen molar-refractivity contribution in [3.63, 3.8) is 0 Å². The molecule has 2 aromatic rings. The molecule has 0 atom stereocenters. The van der Waals surface area contributed by atoms with Gasteiger partial charge in [-0.3, -0.25) is 10.1 Å². The van der Waals surface area contributed by atoms with E-state index in [1.807, 2.05) is 0 Å². The molecule has 20 heavy (non-hydrogen) atoms. The standard InChI is InChI=1S/C14H10ClNO4/c1-20-14(17)10-5-6-13(16(18)19)12(8-10)9-3-2-4-11(15)7-9/h2-8H,1H3. The third kappa shape index (κ3) is 2.78. The van der Waals surface area contributed by atoms with E-state index in [1.165, 1.54) is 25.3 Å². The highest BCUT2D eigenvalue weighted by molar-refractivity contribution is 6.30. The third-order valence-corrected chi connectivity index (χ3v) is 2.99. The van der Waals surface area contributed by atoms with Crippen molar-refractivity contribution in [3.8, 4) is 11.1 Å². The fourth-order valence-corrected chi connectivity index (χ4v) is 2.02. The minimum atomic E-state index is -0.553. The summed E-state index contributed by atoms with van der Waals surface area (Å²) >= 11 is 5.89. The summed E-state index contributed by atoms with van der Waals surface area (Å²) in [6.07, 6.45) is 0. The molecule has 2 rings (SSSR count). The van der Waals surface area contributed by atoms with Crippen molar-refractivity contribution in [2.75, 3.05) is 7.11 Å². The molecule has 0 aliphatic rings. The number of methoxy groups -OCH3 is 1. The monoisotopic (exact) mass is 291 g/mol. The summed E-state index contributed by atoms with van der Waals surface area (Å²) in [4.78, 5) is 22.1. The summed E-state index contributed by atoms with van der Waals surface area (Å²) in [6.45, 7) is 0. The van der Waals surface area contributed by atoms with E-state index >= 15 is 0 Å². The Morgan fingerprint density at radius 3 is 2.60 bits per heavy atom. The average Bonchev–Trinajstić information content (AvgIpc) is 2.45. The van der Waals surface area contributed by atoms with Crippen LogP contribution in [0.5, 0.6) is 0 Å². The van der Waals surface area contributed by atoms with Crippen molar-refractivity contribution < 1.29 is 14.5 Å². The lowest BCUT2D eigenvalue weighted by Gasteiger charge is -2.06. The predicted molar refractivity (Wildman–Crippen MR) is 74.9 cm³/mol. The number of nitro groups is 1. The van der Waals surface area contributed by atoms with Gasteiger partial charge < -0.3 is 4.74 Å². The van der Waals surface area contributed by atoms with Crippen molar-refractivity contribution >= 4 is 23.3 Å². The maximum absolute atomic E-state index is 11.5. The maximum atomic E-state index is 11.5. The molecule has 0 aliphatic carbocycles. The SMILES string of the molecule is COC(=O)c1ccc([N+](=O)[O-])c(-c2cccc(Cl)c2)c1. The van der Waals surface area contributed by atoms with Crippen LogP contribution in [0.1, 0.15) is 10.4 Å². The Hall–Kier alpha value is -2.40. The number of benzene rings is 2. The van der Waals surface area contributed by atoms with E-state index in [9.17, 15) is 14.9 Å². The van der Waals surface area contributed by atoms with Crippen LogP contribution in [-0.4, -0.2) is 18.0 Å². The number of carbonyl (C=O) groups is 1. The second kappa shape index (κ2) is 5.71. The van der Waals surface area contributed by atoms with Gasteiger partial charge in [0.2, 0.25) is 0 Å². The Morgan fingerprint density at radius 2 is 2.00 bits per heavy atom. The Kier molecular flexibility index (Phi) is 4.00.